The van der Waals surface area contributed by atoms with E-state index in [1.165, 1.54) is 56.3 Å². The zero-order valence-electron chi connectivity index (χ0n) is 84.1. The minimum absolute atomic E-state index is 0.0100. The summed E-state index contributed by atoms with van der Waals surface area (Å²) in [6.45, 7) is 9.02. The van der Waals surface area contributed by atoms with Gasteiger partial charge in [-0.05, 0) is 229 Å². The number of carbonyl (C=O) groups is 13. The van der Waals surface area contributed by atoms with E-state index in [9.17, 15) is 72.4 Å². The standard InChI is InChI=1S/C23H27N3O5.C23H27N3O4.C22H25N3O6.C22H24N2O5.C21H24N2O4/c1-4-31-21(28)14-24-23(30)20(13-16-7-11-19(12-8-16)26(2)3)25-22(29)18-9-5-17(15-27)6-10-18;1-16(28)14-17-4-8-19(9-5-17)22(29)25-21(23(30)24-12-13-27)15-18-6-10-20(11-7-18)26(2)3;1-2-3-14-31-19-10-6-17(7-11-19)21(27)24-20(22(28)23-12-13-26)15-16-4-8-18(9-5-16)25(29)30;1-15(27)12-16-6-8-19(9-7-16)21(28)24-20(22(29)23-10-11-25)13-17-2-4-18(14-26)5-3-17;1-15-3-9-18(10-4-15)20(25)23-19(21(26)22-11-12-27-2)13-16-5-7-17(14-24)8-6-16/h5-13,27H,4,14-15H2,1-3H3,(H,24,30)(H,25,29);4-11,15,27H,12-14H2,1-3H3,(H,24,30)(H,25,29);4-11,15,26H,2-3,12-14H2,1H3,(H,23,28)(H,24,27);2-9,13,25-26H,10-12,14H2,1H3,(H,23,29)(H,24,28);3-10,13,24H,11-12,14H2,1-2H3,(H,22,26)(H,23,25)/b20-13-;21-15-;20-15-;20-13-;19-13-. The average Bonchev–Trinajstić information content (AvgIpc) is 0.862. The number of nitrogens with zero attached hydrogens (tertiary/aromatic N) is 3. The Kier molecular flexibility index (Phi) is 52.7. The second-order valence-corrected chi connectivity index (χ2v) is 33.0. The largest absolute Gasteiger partial charge is 0.494 e. The average molecular weight is 2030 g/mol. The van der Waals surface area contributed by atoms with E-state index < -0.39 is 64.1 Å². The number of benzene rings is 10. The molecule has 0 radical (unpaired) electrons. The predicted octanol–water partition coefficient (Wildman–Crippen LogP) is 9.32. The van der Waals surface area contributed by atoms with Crippen LogP contribution in [0.15, 0.2) is 271 Å². The number of unbranched alkanes of at least 4 members (excludes halogenated alkanes) is 1. The van der Waals surface area contributed by atoms with Crippen LogP contribution in [0.5, 0.6) is 5.75 Å². The van der Waals surface area contributed by atoms with Crippen LogP contribution in [0, 0.1) is 17.0 Å². The molecule has 0 bridgehead atoms. The quantitative estimate of drug-likeness (QED) is 0.00555. The molecule has 0 saturated heterocycles. The molecule has 37 heteroatoms. The summed E-state index contributed by atoms with van der Waals surface area (Å²) in [6, 6.07) is 67.6. The number of ether oxygens (including phenoxy) is 3. The number of anilines is 2. The number of aliphatic hydroxyl groups excluding tert-OH is 6. The summed E-state index contributed by atoms with van der Waals surface area (Å²) < 4.78 is 15.3. The van der Waals surface area contributed by atoms with Crippen molar-refractivity contribution in [1.82, 2.24) is 53.2 Å². The molecule has 0 fully saturated rings. The van der Waals surface area contributed by atoms with Crippen molar-refractivity contribution >= 4 is 124 Å². The van der Waals surface area contributed by atoms with Crippen molar-refractivity contribution in [1.29, 1.82) is 0 Å². The first-order chi connectivity index (χ1) is 71.0. The maximum Gasteiger partial charge on any atom is 0.325 e. The van der Waals surface area contributed by atoms with Gasteiger partial charge in [0.25, 0.3) is 64.8 Å². The van der Waals surface area contributed by atoms with Gasteiger partial charge >= 0.3 is 5.97 Å². The third-order valence-electron chi connectivity index (χ3n) is 20.7. The number of nitrogens with one attached hydrogen (secondary N) is 10. The number of ketones is 2. The number of aryl methyl sites for hydroxylation is 1. The molecule has 0 spiro atoms. The highest BCUT2D eigenvalue weighted by atomic mass is 16.6. The first kappa shape index (κ1) is 120. The fourth-order valence-electron chi connectivity index (χ4n) is 12.7. The first-order valence-corrected chi connectivity index (χ1v) is 46.9. The summed E-state index contributed by atoms with van der Waals surface area (Å²) in [4.78, 5) is 174. The van der Waals surface area contributed by atoms with Crippen LogP contribution >= 0.6 is 0 Å². The Labute approximate surface area is 858 Å². The molecular weight excluding hydrogens is 1900 g/mol. The second kappa shape index (κ2) is 65.3. The van der Waals surface area contributed by atoms with Crippen molar-refractivity contribution < 1.29 is 112 Å². The lowest BCUT2D eigenvalue weighted by Gasteiger charge is -2.13. The number of esters is 1. The molecule has 0 aliphatic heterocycles. The van der Waals surface area contributed by atoms with Gasteiger partial charge in [0.15, 0.2) is 0 Å². The van der Waals surface area contributed by atoms with E-state index in [0.717, 1.165) is 63.2 Å². The smallest absolute Gasteiger partial charge is 0.325 e. The minimum atomic E-state index is -0.620. The number of methoxy groups -OCH3 is 1. The minimum Gasteiger partial charge on any atom is -0.494 e. The third-order valence-corrected chi connectivity index (χ3v) is 20.7. The van der Waals surface area contributed by atoms with E-state index in [4.69, 9.17) is 44.8 Å². The van der Waals surface area contributed by atoms with Crippen molar-refractivity contribution in [2.45, 2.75) is 80.1 Å². The number of non-ortho nitro benzene ring substituents is 1. The lowest BCUT2D eigenvalue weighted by atomic mass is 10.1. The Hall–Kier alpha value is -17.1. The van der Waals surface area contributed by atoms with Crippen LogP contribution in [0.25, 0.3) is 30.4 Å². The van der Waals surface area contributed by atoms with E-state index in [0.29, 0.717) is 88.4 Å². The number of nitro benzene ring substituents is 1. The molecule has 10 rings (SSSR count). The van der Waals surface area contributed by atoms with Crippen molar-refractivity contribution in [2.24, 2.45) is 0 Å². The Morgan fingerprint density at radius 2 is 0.622 bits per heavy atom. The van der Waals surface area contributed by atoms with Crippen LogP contribution < -0.4 is 67.7 Å². The summed E-state index contributed by atoms with van der Waals surface area (Å²) in [6.07, 6.45) is 10.2. The van der Waals surface area contributed by atoms with Crippen molar-refractivity contribution in [3.05, 3.63) is 370 Å². The molecule has 10 aromatic carbocycles. The fraction of sp³-hybridized carbons (Fsp3) is 0.252. The van der Waals surface area contributed by atoms with Crippen LogP contribution in [-0.2, 0) is 80.5 Å². The maximum atomic E-state index is 12.7. The number of carbonyl (C=O) groups excluding carboxylic acids is 13. The molecule has 0 atom stereocenters. The number of nitro groups is 1. The number of hydrogen-bond acceptors (Lipinski definition) is 26. The number of amides is 10. The molecule has 0 heterocycles. The van der Waals surface area contributed by atoms with Gasteiger partial charge in [-0.2, -0.15) is 0 Å². The molecular formula is C111H127N13O24. The molecule has 16 N–H and O–H groups in total. The van der Waals surface area contributed by atoms with E-state index in [1.54, 1.807) is 184 Å². The van der Waals surface area contributed by atoms with Crippen LogP contribution in [-0.4, -0.2) is 220 Å². The van der Waals surface area contributed by atoms with E-state index >= 15 is 0 Å². The van der Waals surface area contributed by atoms with Gasteiger partial charge in [-0.15, -0.1) is 0 Å². The zero-order valence-corrected chi connectivity index (χ0v) is 84.1. The van der Waals surface area contributed by atoms with Gasteiger partial charge < -0.3 is 108 Å². The zero-order chi connectivity index (χ0) is 108. The van der Waals surface area contributed by atoms with Gasteiger partial charge in [0.2, 0.25) is 0 Å². The normalized spacial score (nSPS) is 11.0. The Morgan fingerprint density at radius 1 is 0.351 bits per heavy atom. The lowest BCUT2D eigenvalue weighted by molar-refractivity contribution is -0.384. The molecule has 0 aliphatic rings. The third kappa shape index (κ3) is 44.0. The maximum absolute atomic E-state index is 12.7. The number of rotatable bonds is 46. The summed E-state index contributed by atoms with van der Waals surface area (Å²) in [5.74, 6) is -4.80. The molecule has 148 heavy (non-hydrogen) atoms. The van der Waals surface area contributed by atoms with E-state index in [1.807, 2.05) is 106 Å². The molecule has 0 unspecified atom stereocenters. The highest BCUT2D eigenvalue weighted by Gasteiger charge is 2.23. The fourth-order valence-corrected chi connectivity index (χ4v) is 12.7. The SMILES string of the molecule is CC(=O)Cc1ccc(C(=O)N/C(=C\c2ccc(CO)cc2)C(=O)NCCO)cc1.CC(=O)Cc1ccc(C(=O)N/C(=C\c2ccc(N(C)C)cc2)C(=O)NCCO)cc1.CCCCOc1ccc(C(=O)N/C(=C\c2ccc([N+](=O)[O-])cc2)C(=O)NCCO)cc1.CCOC(=O)CNC(=O)/C(=C/c1ccc(N(C)C)cc1)NC(=O)c1ccc(CO)cc1.COCCNC(=O)/C(=C/c1ccc(CO)cc1)NC(=O)c1ccc(C)cc1. The molecule has 0 aliphatic carbocycles. The molecule has 10 aromatic rings. The Bertz CT molecular complexity index is 6210. The second-order valence-electron chi connectivity index (χ2n) is 33.0. The molecule has 37 nitrogen and oxygen atoms in total. The summed E-state index contributed by atoms with van der Waals surface area (Å²) in [5, 5.41) is 90.8. The van der Waals surface area contributed by atoms with Gasteiger partial charge in [-0.25, -0.2) is 0 Å². The van der Waals surface area contributed by atoms with Gasteiger partial charge in [0.1, 0.15) is 52.3 Å². The summed E-state index contributed by atoms with van der Waals surface area (Å²) in [7, 11) is 9.24. The highest BCUT2D eigenvalue weighted by Crippen LogP contribution is 2.22. The molecule has 780 valence electrons. The monoisotopic (exact) mass is 2030 g/mol. The number of hydrogen-bond donors (Lipinski definition) is 16. The van der Waals surface area contributed by atoms with Gasteiger partial charge in [-0.1, -0.05) is 140 Å². The summed E-state index contributed by atoms with van der Waals surface area (Å²) >= 11 is 0. The van der Waals surface area contributed by atoms with Crippen LogP contribution in [0.4, 0.5) is 17.1 Å². The van der Waals surface area contributed by atoms with Gasteiger partial charge in [0, 0.05) is 126 Å². The molecule has 10 amide bonds. The first-order valence-electron chi connectivity index (χ1n) is 46.9. The van der Waals surface area contributed by atoms with Gasteiger partial charge in [-0.3, -0.25) is 72.4 Å². The summed E-state index contributed by atoms with van der Waals surface area (Å²) in [5.41, 5.74) is 12.0. The number of aliphatic hydroxyl groups is 6. The van der Waals surface area contributed by atoms with Crippen molar-refractivity contribution in [2.75, 3.05) is 117 Å². The van der Waals surface area contributed by atoms with E-state index in [2.05, 4.69) is 60.1 Å². The van der Waals surface area contributed by atoms with Crippen LogP contribution in [0.3, 0.4) is 0 Å². The lowest BCUT2D eigenvalue weighted by Crippen LogP contribution is -2.37. The highest BCUT2D eigenvalue weighted by molar-refractivity contribution is 6.09. The van der Waals surface area contributed by atoms with E-state index in [-0.39, 0.29) is 124 Å². The van der Waals surface area contributed by atoms with Crippen molar-refractivity contribution in [3.63, 3.8) is 0 Å². The van der Waals surface area contributed by atoms with Crippen molar-refractivity contribution in [3.8, 4) is 5.75 Å². The van der Waals surface area contributed by atoms with Crippen LogP contribution in [0.2, 0.25) is 0 Å². The molecule has 0 saturated carbocycles. The topological polar surface area (TPSA) is 541 Å². The Balaban J connectivity index is 0.000000283. The predicted molar refractivity (Wildman–Crippen MR) is 563 cm³/mol. The van der Waals surface area contributed by atoms with Crippen LogP contribution in [0.1, 0.15) is 154 Å². The van der Waals surface area contributed by atoms with Gasteiger partial charge in [0.05, 0.1) is 64.4 Å². The molecule has 0 aromatic heterocycles. The Morgan fingerprint density at radius 3 is 0.892 bits per heavy atom. The number of Topliss-reactive ketones (excluding diaryl/α,β-unsaturated/α-hetero) is 2.